The lowest BCUT2D eigenvalue weighted by Gasteiger charge is -2.25. The number of carbonyl (C=O) groups excluding carboxylic acids is 1. The molecule has 0 fully saturated rings. The number of nitrogens with one attached hydrogen (secondary N) is 1. The molecule has 0 aliphatic heterocycles. The van der Waals surface area contributed by atoms with Gasteiger partial charge in [-0.25, -0.2) is 8.42 Å². The molecular formula is C14H22N2O3S. The van der Waals surface area contributed by atoms with Gasteiger partial charge in [0, 0.05) is 13.0 Å². The first-order valence-electron chi connectivity index (χ1n) is 6.58. The third-order valence-electron chi connectivity index (χ3n) is 3.20. The molecule has 6 heteroatoms. The molecule has 1 aromatic carbocycles. The Bertz CT molecular complexity index is 582. The van der Waals surface area contributed by atoms with Gasteiger partial charge in [0.15, 0.2) is 0 Å². The molecule has 0 aromatic heterocycles. The van der Waals surface area contributed by atoms with Gasteiger partial charge in [0.25, 0.3) is 0 Å². The van der Waals surface area contributed by atoms with Gasteiger partial charge < -0.3 is 5.32 Å². The fourth-order valence-corrected chi connectivity index (χ4v) is 2.87. The number of hydrogen-bond donors (Lipinski definition) is 1. The summed E-state index contributed by atoms with van der Waals surface area (Å²) in [5, 5.41) is 2.69. The van der Waals surface area contributed by atoms with Crippen LogP contribution in [0, 0.1) is 13.8 Å². The first-order valence-corrected chi connectivity index (χ1v) is 8.42. The maximum absolute atomic E-state index is 12.0. The molecule has 0 saturated heterocycles. The van der Waals surface area contributed by atoms with Crippen molar-refractivity contribution in [2.45, 2.75) is 27.2 Å². The zero-order valence-electron chi connectivity index (χ0n) is 12.4. The summed E-state index contributed by atoms with van der Waals surface area (Å²) in [5.41, 5.74) is 2.63. The number of amides is 1. The Hall–Kier alpha value is -1.56. The number of benzene rings is 1. The smallest absolute Gasteiger partial charge is 0.232 e. The summed E-state index contributed by atoms with van der Waals surface area (Å²) in [7, 11) is -3.38. The molecule has 1 rings (SSSR count). The number of rotatable bonds is 6. The highest BCUT2D eigenvalue weighted by Crippen LogP contribution is 2.24. The standard InChI is InChI=1S/C14H22N2O3S/c1-5-14(17)15-9-10-16(20(4,18)19)13-8-6-7-11(2)12(13)3/h6-8H,5,9-10H2,1-4H3,(H,15,17). The molecule has 0 saturated carbocycles. The highest BCUT2D eigenvalue weighted by Gasteiger charge is 2.19. The van der Waals surface area contributed by atoms with Crippen LogP contribution in [0.25, 0.3) is 0 Å². The van der Waals surface area contributed by atoms with Crippen LogP contribution in [0.2, 0.25) is 0 Å². The van der Waals surface area contributed by atoms with Crippen LogP contribution < -0.4 is 9.62 Å². The molecule has 1 N–H and O–H groups in total. The normalized spacial score (nSPS) is 11.2. The van der Waals surface area contributed by atoms with Gasteiger partial charge in [0.2, 0.25) is 15.9 Å². The summed E-state index contributed by atoms with van der Waals surface area (Å²) in [4.78, 5) is 11.2. The van der Waals surface area contributed by atoms with Gasteiger partial charge in [0.1, 0.15) is 0 Å². The fraction of sp³-hybridized carbons (Fsp3) is 0.500. The molecule has 0 unspecified atom stereocenters. The lowest BCUT2D eigenvalue weighted by Crippen LogP contribution is -2.38. The fourth-order valence-electron chi connectivity index (χ4n) is 1.89. The summed E-state index contributed by atoms with van der Waals surface area (Å²) in [6.45, 7) is 6.13. The molecular weight excluding hydrogens is 276 g/mol. The van der Waals surface area contributed by atoms with Crippen molar-refractivity contribution >= 4 is 21.6 Å². The van der Waals surface area contributed by atoms with Crippen LogP contribution in [-0.2, 0) is 14.8 Å². The van der Waals surface area contributed by atoms with Crippen LogP contribution in [0.15, 0.2) is 18.2 Å². The maximum atomic E-state index is 12.0. The molecule has 0 spiro atoms. The molecule has 0 bridgehead atoms. The van der Waals surface area contributed by atoms with Gasteiger partial charge in [-0.2, -0.15) is 0 Å². The minimum absolute atomic E-state index is 0.0839. The molecule has 1 amide bonds. The number of sulfonamides is 1. The Morgan fingerprint density at radius 2 is 1.95 bits per heavy atom. The van der Waals surface area contributed by atoms with Gasteiger partial charge in [-0.05, 0) is 31.0 Å². The first kappa shape index (κ1) is 16.5. The highest BCUT2D eigenvalue weighted by molar-refractivity contribution is 7.92. The van der Waals surface area contributed by atoms with Gasteiger partial charge in [-0.15, -0.1) is 0 Å². The molecule has 0 heterocycles. The summed E-state index contributed by atoms with van der Waals surface area (Å²) in [6, 6.07) is 5.56. The van der Waals surface area contributed by atoms with Gasteiger partial charge in [-0.3, -0.25) is 9.10 Å². The second kappa shape index (κ2) is 6.74. The van der Waals surface area contributed by atoms with Crippen LogP contribution in [0.1, 0.15) is 24.5 Å². The van der Waals surface area contributed by atoms with E-state index in [-0.39, 0.29) is 12.5 Å². The maximum Gasteiger partial charge on any atom is 0.232 e. The largest absolute Gasteiger partial charge is 0.354 e. The van der Waals surface area contributed by atoms with E-state index < -0.39 is 10.0 Å². The van der Waals surface area contributed by atoms with Crippen molar-refractivity contribution < 1.29 is 13.2 Å². The van der Waals surface area contributed by atoms with Crippen molar-refractivity contribution in [2.75, 3.05) is 23.7 Å². The Labute approximate surface area is 121 Å². The van der Waals surface area contributed by atoms with E-state index in [9.17, 15) is 13.2 Å². The molecule has 0 aliphatic rings. The number of anilines is 1. The first-order chi connectivity index (χ1) is 9.27. The van der Waals surface area contributed by atoms with E-state index in [4.69, 9.17) is 0 Å². The minimum Gasteiger partial charge on any atom is -0.354 e. The zero-order valence-corrected chi connectivity index (χ0v) is 13.3. The van der Waals surface area contributed by atoms with Crippen LogP contribution >= 0.6 is 0 Å². The number of nitrogens with zero attached hydrogens (tertiary/aromatic N) is 1. The molecule has 5 nitrogen and oxygen atoms in total. The Balaban J connectivity index is 2.97. The Kier molecular flexibility index (Phi) is 5.56. The third kappa shape index (κ3) is 4.23. The average molecular weight is 298 g/mol. The van der Waals surface area contributed by atoms with E-state index in [0.717, 1.165) is 11.1 Å². The van der Waals surface area contributed by atoms with Crippen LogP contribution in [0.5, 0.6) is 0 Å². The van der Waals surface area contributed by atoms with Crippen molar-refractivity contribution in [2.24, 2.45) is 0 Å². The summed E-state index contributed by atoms with van der Waals surface area (Å²) in [5.74, 6) is -0.0839. The topological polar surface area (TPSA) is 66.5 Å². The predicted molar refractivity (Wildman–Crippen MR) is 81.4 cm³/mol. The van der Waals surface area contributed by atoms with Crippen LogP contribution in [0.4, 0.5) is 5.69 Å². The summed E-state index contributed by atoms with van der Waals surface area (Å²) in [6.07, 6.45) is 1.57. The quantitative estimate of drug-likeness (QED) is 0.867. The van der Waals surface area contributed by atoms with Gasteiger partial charge >= 0.3 is 0 Å². The van der Waals surface area contributed by atoms with Crippen molar-refractivity contribution in [1.29, 1.82) is 0 Å². The second-order valence-electron chi connectivity index (χ2n) is 4.76. The van der Waals surface area contributed by atoms with E-state index in [0.29, 0.717) is 18.7 Å². The Morgan fingerprint density at radius 1 is 1.30 bits per heavy atom. The van der Waals surface area contributed by atoms with E-state index >= 15 is 0 Å². The number of carbonyl (C=O) groups is 1. The lowest BCUT2D eigenvalue weighted by atomic mass is 10.1. The summed E-state index contributed by atoms with van der Waals surface area (Å²) < 4.78 is 25.2. The predicted octanol–water partition coefficient (Wildman–Crippen LogP) is 1.60. The van der Waals surface area contributed by atoms with E-state index in [1.807, 2.05) is 26.0 Å². The Morgan fingerprint density at radius 3 is 2.50 bits per heavy atom. The minimum atomic E-state index is -3.38. The molecule has 20 heavy (non-hydrogen) atoms. The van der Waals surface area contributed by atoms with Gasteiger partial charge in [-0.1, -0.05) is 19.1 Å². The highest BCUT2D eigenvalue weighted by atomic mass is 32.2. The van der Waals surface area contributed by atoms with Crippen molar-refractivity contribution in [1.82, 2.24) is 5.32 Å². The molecule has 0 atom stereocenters. The third-order valence-corrected chi connectivity index (χ3v) is 4.38. The lowest BCUT2D eigenvalue weighted by molar-refractivity contribution is -0.120. The second-order valence-corrected chi connectivity index (χ2v) is 6.66. The van der Waals surface area contributed by atoms with Crippen LogP contribution in [-0.4, -0.2) is 33.7 Å². The average Bonchev–Trinajstić information content (AvgIpc) is 2.37. The molecule has 0 aliphatic carbocycles. The van der Waals surface area contributed by atoms with E-state index in [1.165, 1.54) is 10.6 Å². The van der Waals surface area contributed by atoms with Crippen molar-refractivity contribution in [3.63, 3.8) is 0 Å². The molecule has 1 aromatic rings. The van der Waals surface area contributed by atoms with Crippen molar-refractivity contribution in [3.8, 4) is 0 Å². The zero-order chi connectivity index (χ0) is 15.3. The summed E-state index contributed by atoms with van der Waals surface area (Å²) >= 11 is 0. The molecule has 0 radical (unpaired) electrons. The van der Waals surface area contributed by atoms with Gasteiger partial charge in [0.05, 0.1) is 18.5 Å². The van der Waals surface area contributed by atoms with E-state index in [2.05, 4.69) is 5.32 Å². The molecule has 112 valence electrons. The van der Waals surface area contributed by atoms with E-state index in [1.54, 1.807) is 13.0 Å². The van der Waals surface area contributed by atoms with Crippen LogP contribution in [0.3, 0.4) is 0 Å². The monoisotopic (exact) mass is 298 g/mol. The number of hydrogen-bond acceptors (Lipinski definition) is 3. The van der Waals surface area contributed by atoms with Crippen molar-refractivity contribution in [3.05, 3.63) is 29.3 Å². The SMILES string of the molecule is CCC(=O)NCCN(c1cccc(C)c1C)S(C)(=O)=O. The number of aryl methyl sites for hydroxylation is 1.